The predicted molar refractivity (Wildman–Crippen MR) is 143 cm³/mol. The van der Waals surface area contributed by atoms with Crippen LogP contribution in [0.1, 0.15) is 68.8 Å². The first-order chi connectivity index (χ1) is 18.2. The molecule has 1 saturated carbocycles. The molecule has 0 saturated heterocycles. The number of benzene rings is 2. The van der Waals surface area contributed by atoms with Gasteiger partial charge in [0.05, 0.1) is 36.8 Å². The van der Waals surface area contributed by atoms with Gasteiger partial charge < -0.3 is 14.6 Å². The molecule has 1 N–H and O–H groups in total. The molecule has 1 fully saturated rings. The van der Waals surface area contributed by atoms with Gasteiger partial charge in [0, 0.05) is 5.56 Å². The van der Waals surface area contributed by atoms with Crippen molar-refractivity contribution in [2.24, 2.45) is 11.3 Å². The maximum atomic E-state index is 15.0. The largest absolute Gasteiger partial charge is 0.497 e. The third-order valence-electron chi connectivity index (χ3n) is 7.61. The lowest BCUT2D eigenvalue weighted by molar-refractivity contribution is -0.137. The number of methoxy groups -OCH3 is 1. The molecule has 2 aliphatic carbocycles. The highest BCUT2D eigenvalue weighted by Crippen LogP contribution is 2.47. The quantitative estimate of drug-likeness (QED) is 0.311. The van der Waals surface area contributed by atoms with Crippen LogP contribution < -0.4 is 9.47 Å². The molecule has 0 unspecified atom stereocenters. The van der Waals surface area contributed by atoms with Crippen molar-refractivity contribution in [2.45, 2.75) is 58.5 Å². The first kappa shape index (κ1) is 25.9. The van der Waals surface area contributed by atoms with Crippen molar-refractivity contribution in [2.75, 3.05) is 7.11 Å². The topological polar surface area (TPSA) is 81.5 Å². The average molecular weight is 517 g/mol. The monoisotopic (exact) mass is 516 g/mol. The van der Waals surface area contributed by atoms with Crippen LogP contribution >= 0.6 is 0 Å². The SMILES string of the molecule is COc1ccc(F)c(-c2ncc(COc3cccc([C@@H](CC(=O)O)C4CC4)c3)nc2C2=CCCC2(C)C)c1. The van der Waals surface area contributed by atoms with Crippen molar-refractivity contribution in [1.29, 1.82) is 0 Å². The molecule has 2 aromatic carbocycles. The van der Waals surface area contributed by atoms with Crippen molar-refractivity contribution in [3.63, 3.8) is 0 Å². The number of halogens is 1. The van der Waals surface area contributed by atoms with E-state index < -0.39 is 5.97 Å². The fraction of sp³-hybridized carbons (Fsp3) is 0.387. The summed E-state index contributed by atoms with van der Waals surface area (Å²) in [5.74, 6) is 0.454. The Morgan fingerprint density at radius 2 is 1.97 bits per heavy atom. The van der Waals surface area contributed by atoms with E-state index in [-0.39, 0.29) is 30.2 Å². The molecule has 198 valence electrons. The number of ether oxygens (including phenoxy) is 2. The van der Waals surface area contributed by atoms with E-state index in [2.05, 4.69) is 24.9 Å². The second-order valence-electron chi connectivity index (χ2n) is 10.8. The van der Waals surface area contributed by atoms with Gasteiger partial charge in [0.25, 0.3) is 0 Å². The van der Waals surface area contributed by atoms with Gasteiger partial charge in [0.2, 0.25) is 0 Å². The number of rotatable bonds is 10. The second kappa shape index (κ2) is 10.6. The molecule has 7 heteroatoms. The average Bonchev–Trinajstić information content (AvgIpc) is 3.68. The number of carbonyl (C=O) groups is 1. The smallest absolute Gasteiger partial charge is 0.303 e. The van der Waals surface area contributed by atoms with E-state index in [1.807, 2.05) is 24.3 Å². The van der Waals surface area contributed by atoms with Gasteiger partial charge in [-0.2, -0.15) is 0 Å². The molecule has 5 rings (SSSR count). The molecule has 1 atom stereocenters. The van der Waals surface area contributed by atoms with E-state index in [4.69, 9.17) is 14.5 Å². The van der Waals surface area contributed by atoms with Crippen LogP contribution in [-0.2, 0) is 11.4 Å². The molecule has 0 aliphatic heterocycles. The first-order valence-electron chi connectivity index (χ1n) is 13.1. The maximum Gasteiger partial charge on any atom is 0.303 e. The zero-order valence-corrected chi connectivity index (χ0v) is 22.0. The number of carboxylic acids is 1. The Labute approximate surface area is 222 Å². The molecule has 6 nitrogen and oxygen atoms in total. The predicted octanol–water partition coefficient (Wildman–Crippen LogP) is 7.04. The lowest BCUT2D eigenvalue weighted by atomic mass is 9.83. The van der Waals surface area contributed by atoms with Crippen molar-refractivity contribution < 1.29 is 23.8 Å². The summed E-state index contributed by atoms with van der Waals surface area (Å²) >= 11 is 0. The molecular formula is C31H33FN2O4. The van der Waals surface area contributed by atoms with Gasteiger partial charge in [0.15, 0.2) is 0 Å². The third kappa shape index (κ3) is 5.57. The number of nitrogens with zero attached hydrogens (tertiary/aromatic N) is 2. The van der Waals surface area contributed by atoms with Crippen molar-refractivity contribution in [1.82, 2.24) is 9.97 Å². The molecule has 1 aromatic heterocycles. The van der Waals surface area contributed by atoms with Gasteiger partial charge in [-0.05, 0) is 84.4 Å². The Balaban J connectivity index is 1.44. The summed E-state index contributed by atoms with van der Waals surface area (Å²) in [6, 6.07) is 12.3. The van der Waals surface area contributed by atoms with Gasteiger partial charge >= 0.3 is 5.97 Å². The number of allylic oxidation sites excluding steroid dienone is 2. The highest BCUT2D eigenvalue weighted by Gasteiger charge is 2.34. The summed E-state index contributed by atoms with van der Waals surface area (Å²) < 4.78 is 26.4. The molecular weight excluding hydrogens is 483 g/mol. The minimum absolute atomic E-state index is 0.00368. The summed E-state index contributed by atoms with van der Waals surface area (Å²) in [5.41, 5.74) is 4.03. The minimum Gasteiger partial charge on any atom is -0.497 e. The Hall–Kier alpha value is -3.74. The first-order valence-corrected chi connectivity index (χ1v) is 13.1. The molecule has 0 amide bonds. The van der Waals surface area contributed by atoms with Crippen LogP contribution in [0.4, 0.5) is 4.39 Å². The van der Waals surface area contributed by atoms with E-state index in [1.165, 1.54) is 6.07 Å². The summed E-state index contributed by atoms with van der Waals surface area (Å²) in [6.07, 6.45) is 7.95. The van der Waals surface area contributed by atoms with Gasteiger partial charge in [-0.3, -0.25) is 9.78 Å². The Morgan fingerprint density at radius 3 is 2.66 bits per heavy atom. The second-order valence-corrected chi connectivity index (χ2v) is 10.8. The summed E-state index contributed by atoms with van der Waals surface area (Å²) in [4.78, 5) is 21.0. The van der Waals surface area contributed by atoms with E-state index in [0.717, 1.165) is 36.8 Å². The fourth-order valence-corrected chi connectivity index (χ4v) is 5.33. The van der Waals surface area contributed by atoms with E-state index in [1.54, 1.807) is 25.4 Å². The lowest BCUT2D eigenvalue weighted by Crippen LogP contribution is -2.13. The van der Waals surface area contributed by atoms with Crippen molar-refractivity contribution in [3.05, 3.63) is 77.5 Å². The fourth-order valence-electron chi connectivity index (χ4n) is 5.33. The van der Waals surface area contributed by atoms with Crippen LogP contribution in [0.15, 0.2) is 54.7 Å². The molecule has 0 spiro atoms. The minimum atomic E-state index is -0.785. The van der Waals surface area contributed by atoms with Crippen LogP contribution in [0.5, 0.6) is 11.5 Å². The lowest BCUT2D eigenvalue weighted by Gasteiger charge is -2.24. The Kier molecular flexibility index (Phi) is 7.19. The van der Waals surface area contributed by atoms with Gasteiger partial charge in [-0.1, -0.05) is 32.1 Å². The van der Waals surface area contributed by atoms with Crippen molar-refractivity contribution in [3.8, 4) is 22.8 Å². The van der Waals surface area contributed by atoms with Crippen LogP contribution in [-0.4, -0.2) is 28.2 Å². The number of hydrogen-bond donors (Lipinski definition) is 1. The van der Waals surface area contributed by atoms with Crippen molar-refractivity contribution >= 4 is 11.5 Å². The summed E-state index contributed by atoms with van der Waals surface area (Å²) in [5, 5.41) is 9.37. The van der Waals surface area contributed by atoms with Gasteiger partial charge in [-0.25, -0.2) is 9.37 Å². The highest BCUT2D eigenvalue weighted by atomic mass is 19.1. The Morgan fingerprint density at radius 1 is 1.16 bits per heavy atom. The summed E-state index contributed by atoms with van der Waals surface area (Å²) in [6.45, 7) is 4.52. The molecule has 0 bridgehead atoms. The number of hydrogen-bond acceptors (Lipinski definition) is 5. The van der Waals surface area contributed by atoms with E-state index >= 15 is 0 Å². The van der Waals surface area contributed by atoms with E-state index in [0.29, 0.717) is 40.1 Å². The number of aromatic nitrogens is 2. The number of carboxylic acid groups (broad SMARTS) is 1. The van der Waals surface area contributed by atoms with Gasteiger partial charge in [0.1, 0.15) is 23.9 Å². The highest BCUT2D eigenvalue weighted by molar-refractivity contribution is 5.80. The molecule has 2 aliphatic rings. The number of aliphatic carboxylic acids is 1. The zero-order valence-electron chi connectivity index (χ0n) is 22.0. The van der Waals surface area contributed by atoms with Crippen LogP contribution in [0, 0.1) is 17.2 Å². The van der Waals surface area contributed by atoms with Gasteiger partial charge in [-0.15, -0.1) is 0 Å². The van der Waals surface area contributed by atoms with Crippen LogP contribution in [0.25, 0.3) is 16.8 Å². The molecule has 0 radical (unpaired) electrons. The van der Waals surface area contributed by atoms with Crippen LogP contribution in [0.3, 0.4) is 0 Å². The zero-order chi connectivity index (χ0) is 26.9. The standard InChI is InChI=1S/C31H33FN2O4/c1-31(2)13-5-8-26(31)30-29(25-15-22(37-3)11-12-27(25)32)33-17-21(34-30)18-38-23-7-4-6-20(14-23)24(16-28(35)36)19-9-10-19/h4,6-8,11-12,14-15,17,19,24H,5,9-10,13,16,18H2,1-3H3,(H,35,36)/t24-/m0/s1. The third-order valence-corrected chi connectivity index (χ3v) is 7.61. The normalized spacial score (nSPS) is 17.1. The van der Waals surface area contributed by atoms with Crippen LogP contribution in [0.2, 0.25) is 0 Å². The maximum absolute atomic E-state index is 15.0. The van der Waals surface area contributed by atoms with E-state index in [9.17, 15) is 14.3 Å². The Bertz CT molecular complexity index is 1380. The summed E-state index contributed by atoms with van der Waals surface area (Å²) in [7, 11) is 1.55. The molecule has 3 aromatic rings. The molecule has 1 heterocycles. The molecule has 38 heavy (non-hydrogen) atoms.